The lowest BCUT2D eigenvalue weighted by atomic mass is 9.88. The normalized spacial score (nSPS) is 17.7. The van der Waals surface area contributed by atoms with E-state index in [1.165, 1.54) is 5.56 Å². The van der Waals surface area contributed by atoms with Gasteiger partial charge in [0.05, 0.1) is 5.75 Å². The third kappa shape index (κ3) is 3.89. The minimum absolute atomic E-state index is 0.189. The predicted octanol–water partition coefficient (Wildman–Crippen LogP) is 4.49. The van der Waals surface area contributed by atoms with Crippen molar-refractivity contribution < 1.29 is 8.42 Å². The first-order valence-corrected chi connectivity index (χ1v) is 9.88. The van der Waals surface area contributed by atoms with Crippen molar-refractivity contribution in [2.24, 2.45) is 0 Å². The second-order valence-corrected chi connectivity index (χ2v) is 8.29. The van der Waals surface area contributed by atoms with Crippen LogP contribution in [0.1, 0.15) is 35.6 Å². The standard InChI is InChI=1S/C17H17Cl2NO2S/c18-15-8-4-9-16(19)14(15)11-23(21,22)20-17-10-3-6-12-5-1-2-7-13(12)17/h1-2,4-5,7-9,17,20H,3,6,10-11H2. The SMILES string of the molecule is O=S(=O)(Cc1c(Cl)cccc1Cl)NC1CCCc2ccccc21. The first-order valence-electron chi connectivity index (χ1n) is 7.47. The fourth-order valence-electron chi connectivity index (χ4n) is 3.00. The van der Waals surface area contributed by atoms with Crippen molar-refractivity contribution in [3.63, 3.8) is 0 Å². The van der Waals surface area contributed by atoms with Crippen LogP contribution < -0.4 is 4.72 Å². The van der Waals surface area contributed by atoms with Crippen LogP contribution in [-0.4, -0.2) is 8.42 Å². The Hall–Kier alpha value is -1.07. The molecular formula is C17H17Cl2NO2S. The molecule has 0 radical (unpaired) electrons. The minimum atomic E-state index is -3.54. The number of aryl methyl sites for hydroxylation is 1. The zero-order valence-electron chi connectivity index (χ0n) is 12.4. The van der Waals surface area contributed by atoms with Crippen LogP contribution in [0, 0.1) is 0 Å². The summed E-state index contributed by atoms with van der Waals surface area (Å²) in [7, 11) is -3.54. The van der Waals surface area contributed by atoms with Gasteiger partial charge in [-0.05, 0) is 42.5 Å². The summed E-state index contributed by atoms with van der Waals surface area (Å²) < 4.78 is 27.9. The molecule has 122 valence electrons. The van der Waals surface area contributed by atoms with E-state index >= 15 is 0 Å². The number of hydrogen-bond acceptors (Lipinski definition) is 2. The summed E-state index contributed by atoms with van der Waals surface area (Å²) in [6.45, 7) is 0. The smallest absolute Gasteiger partial charge is 0.212 e. The van der Waals surface area contributed by atoms with Gasteiger partial charge in [0.2, 0.25) is 10.0 Å². The van der Waals surface area contributed by atoms with E-state index in [0.717, 1.165) is 24.8 Å². The fourth-order valence-corrected chi connectivity index (χ4v) is 5.14. The van der Waals surface area contributed by atoms with Gasteiger partial charge in [0.15, 0.2) is 0 Å². The second-order valence-electron chi connectivity index (χ2n) is 5.72. The van der Waals surface area contributed by atoms with E-state index in [2.05, 4.69) is 10.8 Å². The molecule has 0 saturated heterocycles. The summed E-state index contributed by atoms with van der Waals surface area (Å²) in [5.41, 5.74) is 2.71. The fraction of sp³-hybridized carbons (Fsp3) is 0.294. The highest BCUT2D eigenvalue weighted by Gasteiger charge is 2.25. The third-order valence-corrected chi connectivity index (χ3v) is 6.11. The van der Waals surface area contributed by atoms with Gasteiger partial charge in [0, 0.05) is 21.7 Å². The molecule has 1 aliphatic rings. The second kappa shape index (κ2) is 6.81. The Morgan fingerprint density at radius 2 is 1.74 bits per heavy atom. The van der Waals surface area contributed by atoms with E-state index in [1.54, 1.807) is 18.2 Å². The Kier molecular flexibility index (Phi) is 4.97. The van der Waals surface area contributed by atoms with Crippen molar-refractivity contribution in [1.82, 2.24) is 4.72 Å². The van der Waals surface area contributed by atoms with E-state index in [0.29, 0.717) is 15.6 Å². The lowest BCUT2D eigenvalue weighted by molar-refractivity contribution is 0.507. The quantitative estimate of drug-likeness (QED) is 0.862. The molecule has 0 saturated carbocycles. The van der Waals surface area contributed by atoms with Crippen molar-refractivity contribution in [1.29, 1.82) is 0 Å². The first-order chi connectivity index (χ1) is 11.0. The van der Waals surface area contributed by atoms with Crippen molar-refractivity contribution in [3.05, 3.63) is 69.2 Å². The van der Waals surface area contributed by atoms with Gasteiger partial charge < -0.3 is 0 Å². The number of halogens is 2. The highest BCUT2D eigenvalue weighted by molar-refractivity contribution is 7.88. The molecule has 1 N–H and O–H groups in total. The van der Waals surface area contributed by atoms with Crippen LogP contribution in [0.4, 0.5) is 0 Å². The molecule has 1 atom stereocenters. The lowest BCUT2D eigenvalue weighted by Crippen LogP contribution is -2.32. The molecule has 0 aliphatic heterocycles. The Bertz CT molecular complexity index is 801. The summed E-state index contributed by atoms with van der Waals surface area (Å²) >= 11 is 12.2. The van der Waals surface area contributed by atoms with E-state index in [1.807, 2.05) is 18.2 Å². The molecule has 6 heteroatoms. The monoisotopic (exact) mass is 369 g/mol. The number of benzene rings is 2. The average molecular weight is 370 g/mol. The highest BCUT2D eigenvalue weighted by atomic mass is 35.5. The molecule has 0 heterocycles. The molecule has 1 aliphatic carbocycles. The van der Waals surface area contributed by atoms with Gasteiger partial charge in [-0.15, -0.1) is 0 Å². The lowest BCUT2D eigenvalue weighted by Gasteiger charge is -2.26. The molecule has 0 aromatic heterocycles. The van der Waals surface area contributed by atoms with Crippen LogP contribution >= 0.6 is 23.2 Å². The Balaban J connectivity index is 1.83. The van der Waals surface area contributed by atoms with Crippen molar-refractivity contribution in [3.8, 4) is 0 Å². The molecule has 3 nitrogen and oxygen atoms in total. The molecule has 0 amide bonds. The topological polar surface area (TPSA) is 46.2 Å². The van der Waals surface area contributed by atoms with Gasteiger partial charge in [0.1, 0.15) is 0 Å². The number of nitrogens with one attached hydrogen (secondary N) is 1. The third-order valence-electron chi connectivity index (χ3n) is 4.09. The van der Waals surface area contributed by atoms with Crippen molar-refractivity contribution in [2.75, 3.05) is 0 Å². The average Bonchev–Trinajstić information content (AvgIpc) is 2.51. The molecule has 0 spiro atoms. The van der Waals surface area contributed by atoms with Gasteiger partial charge in [-0.25, -0.2) is 13.1 Å². The summed E-state index contributed by atoms with van der Waals surface area (Å²) in [6.07, 6.45) is 2.76. The van der Waals surface area contributed by atoms with Gasteiger partial charge in [-0.2, -0.15) is 0 Å². The Morgan fingerprint density at radius 1 is 1.04 bits per heavy atom. The Labute approximate surface area is 146 Å². The summed E-state index contributed by atoms with van der Waals surface area (Å²) in [5.74, 6) is -0.218. The number of fused-ring (bicyclic) bond motifs is 1. The molecular weight excluding hydrogens is 353 g/mol. The summed E-state index contributed by atoms with van der Waals surface area (Å²) in [4.78, 5) is 0. The zero-order chi connectivity index (χ0) is 16.4. The summed E-state index contributed by atoms with van der Waals surface area (Å²) in [5, 5.41) is 0.735. The van der Waals surface area contributed by atoms with Crippen molar-refractivity contribution in [2.45, 2.75) is 31.1 Å². The maximum absolute atomic E-state index is 12.6. The van der Waals surface area contributed by atoms with Gasteiger partial charge in [-0.3, -0.25) is 0 Å². The number of sulfonamides is 1. The molecule has 0 fully saturated rings. The molecule has 23 heavy (non-hydrogen) atoms. The highest BCUT2D eigenvalue weighted by Crippen LogP contribution is 2.31. The van der Waals surface area contributed by atoms with E-state index in [9.17, 15) is 8.42 Å². The molecule has 0 bridgehead atoms. The number of hydrogen-bond donors (Lipinski definition) is 1. The molecule has 3 rings (SSSR count). The van der Waals surface area contributed by atoms with Crippen LogP contribution in [0.2, 0.25) is 10.0 Å². The maximum atomic E-state index is 12.6. The Morgan fingerprint density at radius 3 is 2.48 bits per heavy atom. The van der Waals surface area contributed by atoms with Crippen LogP contribution in [0.5, 0.6) is 0 Å². The largest absolute Gasteiger partial charge is 0.216 e. The van der Waals surface area contributed by atoms with E-state index < -0.39 is 10.0 Å². The van der Waals surface area contributed by atoms with E-state index in [4.69, 9.17) is 23.2 Å². The van der Waals surface area contributed by atoms with Crippen LogP contribution in [-0.2, 0) is 22.2 Å². The van der Waals surface area contributed by atoms with E-state index in [-0.39, 0.29) is 11.8 Å². The van der Waals surface area contributed by atoms with Crippen LogP contribution in [0.3, 0.4) is 0 Å². The van der Waals surface area contributed by atoms with Gasteiger partial charge in [0.25, 0.3) is 0 Å². The molecule has 2 aromatic rings. The van der Waals surface area contributed by atoms with Crippen LogP contribution in [0.25, 0.3) is 0 Å². The maximum Gasteiger partial charge on any atom is 0.216 e. The van der Waals surface area contributed by atoms with Gasteiger partial charge >= 0.3 is 0 Å². The summed E-state index contributed by atoms with van der Waals surface area (Å²) in [6, 6.07) is 12.8. The molecule has 1 unspecified atom stereocenters. The predicted molar refractivity (Wildman–Crippen MR) is 94.3 cm³/mol. The zero-order valence-corrected chi connectivity index (χ0v) is 14.8. The number of rotatable bonds is 4. The van der Waals surface area contributed by atoms with Crippen molar-refractivity contribution >= 4 is 33.2 Å². The molecule has 2 aromatic carbocycles. The minimum Gasteiger partial charge on any atom is -0.212 e. The van der Waals surface area contributed by atoms with Gasteiger partial charge in [-0.1, -0.05) is 53.5 Å². The van der Waals surface area contributed by atoms with Crippen LogP contribution in [0.15, 0.2) is 42.5 Å². The first kappa shape index (κ1) is 16.8.